The summed E-state index contributed by atoms with van der Waals surface area (Å²) in [4.78, 5) is 2.42. The first kappa shape index (κ1) is 24.3. The first-order valence-corrected chi connectivity index (χ1v) is 13.9. The number of nitrogens with one attached hydrogen (secondary N) is 1. The number of benzene rings is 2. The molecule has 0 atom stereocenters. The fourth-order valence-electron chi connectivity index (χ4n) is 5.19. The lowest BCUT2D eigenvalue weighted by molar-refractivity contribution is 0.204. The van der Waals surface area contributed by atoms with E-state index < -0.39 is 10.0 Å². The van der Waals surface area contributed by atoms with Crippen LogP contribution >= 0.6 is 0 Å². The highest BCUT2D eigenvalue weighted by Gasteiger charge is 2.27. The average molecular weight is 474 g/mol. The van der Waals surface area contributed by atoms with Crippen LogP contribution in [0.25, 0.3) is 0 Å². The van der Waals surface area contributed by atoms with Crippen LogP contribution in [0, 0.1) is 11.7 Å². The Labute approximate surface area is 198 Å². The Morgan fingerprint density at radius 2 is 1.67 bits per heavy atom. The molecule has 4 rings (SSSR count). The maximum absolute atomic E-state index is 13.2. The molecule has 0 bridgehead atoms. The van der Waals surface area contributed by atoms with Gasteiger partial charge in [-0.15, -0.1) is 0 Å². The Morgan fingerprint density at radius 1 is 1.00 bits per heavy atom. The lowest BCUT2D eigenvalue weighted by Gasteiger charge is -2.34. The SMILES string of the molecule is CS(=O)(=O)N(Cc1ccccc1C1CCN(Cc2ccc(F)cc2)CC1)CC1CCNCC1. The summed E-state index contributed by atoms with van der Waals surface area (Å²) in [5.41, 5.74) is 3.56. The van der Waals surface area contributed by atoms with Gasteiger partial charge in [-0.1, -0.05) is 36.4 Å². The maximum atomic E-state index is 13.2. The molecule has 2 aliphatic heterocycles. The second-order valence-electron chi connectivity index (χ2n) is 9.62. The topological polar surface area (TPSA) is 52.7 Å². The van der Waals surface area contributed by atoms with E-state index in [2.05, 4.69) is 28.4 Å². The number of hydrogen-bond donors (Lipinski definition) is 1. The molecule has 180 valence electrons. The van der Waals surface area contributed by atoms with Crippen LogP contribution in [0.15, 0.2) is 48.5 Å². The number of nitrogens with zero attached hydrogens (tertiary/aromatic N) is 2. The van der Waals surface area contributed by atoms with Gasteiger partial charge in [0.2, 0.25) is 10.0 Å². The van der Waals surface area contributed by atoms with E-state index in [9.17, 15) is 12.8 Å². The normalized spacial score (nSPS) is 19.2. The van der Waals surface area contributed by atoms with Gasteiger partial charge in [0.1, 0.15) is 5.82 Å². The highest BCUT2D eigenvalue weighted by atomic mass is 32.2. The quantitative estimate of drug-likeness (QED) is 0.631. The number of likely N-dealkylation sites (tertiary alicyclic amines) is 1. The molecule has 33 heavy (non-hydrogen) atoms. The van der Waals surface area contributed by atoms with Crippen LogP contribution in [0.5, 0.6) is 0 Å². The van der Waals surface area contributed by atoms with Gasteiger partial charge in [0.05, 0.1) is 6.26 Å². The van der Waals surface area contributed by atoms with Crippen molar-refractivity contribution < 1.29 is 12.8 Å². The molecule has 0 saturated carbocycles. The zero-order valence-corrected chi connectivity index (χ0v) is 20.4. The van der Waals surface area contributed by atoms with Gasteiger partial charge in [0, 0.05) is 19.6 Å². The van der Waals surface area contributed by atoms with Crippen LogP contribution in [0.4, 0.5) is 4.39 Å². The Balaban J connectivity index is 1.40. The predicted octanol–water partition coefficient (Wildman–Crippen LogP) is 3.97. The van der Waals surface area contributed by atoms with Gasteiger partial charge in [0.15, 0.2) is 0 Å². The second-order valence-corrected chi connectivity index (χ2v) is 11.6. The van der Waals surface area contributed by atoms with E-state index >= 15 is 0 Å². The third-order valence-corrected chi connectivity index (χ3v) is 8.35. The van der Waals surface area contributed by atoms with Gasteiger partial charge >= 0.3 is 0 Å². The number of rotatable bonds is 8. The van der Waals surface area contributed by atoms with Crippen molar-refractivity contribution in [2.45, 2.75) is 44.7 Å². The van der Waals surface area contributed by atoms with Gasteiger partial charge < -0.3 is 5.32 Å². The van der Waals surface area contributed by atoms with E-state index in [1.165, 1.54) is 24.0 Å². The molecule has 0 amide bonds. The molecule has 0 spiro atoms. The number of halogens is 1. The summed E-state index contributed by atoms with van der Waals surface area (Å²) in [6.07, 6.45) is 5.49. The molecular weight excluding hydrogens is 437 g/mol. The summed E-state index contributed by atoms with van der Waals surface area (Å²) in [5.74, 6) is 0.658. The largest absolute Gasteiger partial charge is 0.317 e. The van der Waals surface area contributed by atoms with Gasteiger partial charge in [-0.2, -0.15) is 4.31 Å². The smallest absolute Gasteiger partial charge is 0.211 e. The van der Waals surface area contributed by atoms with Crippen LogP contribution in [0.3, 0.4) is 0 Å². The van der Waals surface area contributed by atoms with Crippen molar-refractivity contribution in [3.05, 3.63) is 71.0 Å². The fraction of sp³-hybridized carbons (Fsp3) is 0.538. The molecule has 0 radical (unpaired) electrons. The molecule has 7 heteroatoms. The molecule has 2 saturated heterocycles. The minimum atomic E-state index is -3.28. The van der Waals surface area contributed by atoms with E-state index in [0.29, 0.717) is 24.9 Å². The molecular formula is C26H36FN3O2S. The zero-order chi connectivity index (χ0) is 23.3. The van der Waals surface area contributed by atoms with Crippen molar-refractivity contribution in [2.24, 2.45) is 5.92 Å². The van der Waals surface area contributed by atoms with Crippen LogP contribution in [-0.2, 0) is 23.1 Å². The Hall–Kier alpha value is -1.80. The van der Waals surface area contributed by atoms with E-state index in [1.54, 1.807) is 4.31 Å². The van der Waals surface area contributed by atoms with Crippen molar-refractivity contribution in [3.63, 3.8) is 0 Å². The van der Waals surface area contributed by atoms with E-state index in [4.69, 9.17) is 0 Å². The molecule has 5 nitrogen and oxygen atoms in total. The van der Waals surface area contributed by atoms with E-state index in [0.717, 1.165) is 69.5 Å². The summed E-state index contributed by atoms with van der Waals surface area (Å²) in [6, 6.07) is 15.1. The zero-order valence-electron chi connectivity index (χ0n) is 19.5. The van der Waals surface area contributed by atoms with Crippen molar-refractivity contribution >= 4 is 10.0 Å². The Kier molecular flexibility index (Phi) is 8.17. The Morgan fingerprint density at radius 3 is 2.33 bits per heavy atom. The number of sulfonamides is 1. The van der Waals surface area contributed by atoms with Gasteiger partial charge in [-0.05, 0) is 92.5 Å². The van der Waals surface area contributed by atoms with Crippen LogP contribution < -0.4 is 5.32 Å². The van der Waals surface area contributed by atoms with Crippen LogP contribution in [0.1, 0.15) is 48.3 Å². The molecule has 2 aromatic rings. The lowest BCUT2D eigenvalue weighted by Crippen LogP contribution is -2.39. The lowest BCUT2D eigenvalue weighted by atomic mass is 9.86. The second kappa shape index (κ2) is 11.1. The van der Waals surface area contributed by atoms with Crippen molar-refractivity contribution in [1.82, 2.24) is 14.5 Å². The molecule has 2 heterocycles. The molecule has 2 aromatic carbocycles. The van der Waals surface area contributed by atoms with Gasteiger partial charge in [0.25, 0.3) is 0 Å². The highest BCUT2D eigenvalue weighted by Crippen LogP contribution is 2.32. The molecule has 1 N–H and O–H groups in total. The molecule has 2 fully saturated rings. The summed E-state index contributed by atoms with van der Waals surface area (Å²) in [5, 5.41) is 3.36. The molecule has 0 aromatic heterocycles. The highest BCUT2D eigenvalue weighted by molar-refractivity contribution is 7.88. The summed E-state index contributed by atoms with van der Waals surface area (Å²) in [6.45, 7) is 5.81. The first-order chi connectivity index (χ1) is 15.9. The van der Waals surface area contributed by atoms with Crippen molar-refractivity contribution in [2.75, 3.05) is 39.0 Å². The molecule has 2 aliphatic rings. The number of piperidine rings is 2. The summed E-state index contributed by atoms with van der Waals surface area (Å²) < 4.78 is 40.1. The number of hydrogen-bond acceptors (Lipinski definition) is 4. The summed E-state index contributed by atoms with van der Waals surface area (Å²) in [7, 11) is -3.28. The third-order valence-electron chi connectivity index (χ3n) is 7.14. The van der Waals surface area contributed by atoms with Gasteiger partial charge in [-0.25, -0.2) is 12.8 Å². The van der Waals surface area contributed by atoms with E-state index in [1.807, 2.05) is 18.2 Å². The fourth-order valence-corrected chi connectivity index (χ4v) is 6.04. The Bertz CT molecular complexity index is 998. The van der Waals surface area contributed by atoms with Crippen LogP contribution in [-0.4, -0.2) is 56.6 Å². The average Bonchev–Trinajstić information content (AvgIpc) is 2.81. The van der Waals surface area contributed by atoms with Crippen LogP contribution in [0.2, 0.25) is 0 Å². The van der Waals surface area contributed by atoms with Crippen molar-refractivity contribution in [1.29, 1.82) is 0 Å². The van der Waals surface area contributed by atoms with E-state index in [-0.39, 0.29) is 5.82 Å². The third kappa shape index (κ3) is 6.85. The van der Waals surface area contributed by atoms with Crippen molar-refractivity contribution in [3.8, 4) is 0 Å². The predicted molar refractivity (Wildman–Crippen MR) is 131 cm³/mol. The first-order valence-electron chi connectivity index (χ1n) is 12.1. The standard InChI is InChI=1S/C26H36FN3O2S/c1-33(31,32)30(19-22-10-14-28-15-11-22)20-24-4-2-3-5-26(24)23-12-16-29(17-13-23)18-21-6-8-25(27)9-7-21/h2-9,22-23,28H,10-20H2,1H3. The minimum Gasteiger partial charge on any atom is -0.317 e. The maximum Gasteiger partial charge on any atom is 0.211 e. The minimum absolute atomic E-state index is 0.197. The molecule has 0 unspecified atom stereocenters. The summed E-state index contributed by atoms with van der Waals surface area (Å²) >= 11 is 0. The molecule has 0 aliphatic carbocycles. The van der Waals surface area contributed by atoms with Gasteiger partial charge in [-0.3, -0.25) is 4.90 Å². The monoisotopic (exact) mass is 473 g/mol.